The number of hydrogen-bond acceptors (Lipinski definition) is 6. The molecule has 1 aliphatic rings. The highest BCUT2D eigenvalue weighted by atomic mass is 32.2. The van der Waals surface area contributed by atoms with Gasteiger partial charge in [-0.2, -0.15) is 12.7 Å². The van der Waals surface area contributed by atoms with Crippen molar-refractivity contribution in [1.29, 1.82) is 0 Å². The third-order valence-electron chi connectivity index (χ3n) is 6.28. The predicted molar refractivity (Wildman–Crippen MR) is 137 cm³/mol. The van der Waals surface area contributed by atoms with Crippen molar-refractivity contribution in [2.24, 2.45) is 0 Å². The second-order valence-electron chi connectivity index (χ2n) is 8.66. The van der Waals surface area contributed by atoms with Gasteiger partial charge in [0.05, 0.1) is 33.1 Å². The topological polar surface area (TPSA) is 94.2 Å². The summed E-state index contributed by atoms with van der Waals surface area (Å²) in [5.41, 5.74) is 1.57. The number of anilines is 1. The third kappa shape index (κ3) is 7.11. The van der Waals surface area contributed by atoms with Crippen LogP contribution < -0.4 is 18.9 Å². The van der Waals surface area contributed by atoms with Gasteiger partial charge in [-0.15, -0.1) is 0 Å². The van der Waals surface area contributed by atoms with Crippen LogP contribution in [-0.4, -0.2) is 52.4 Å². The molecule has 0 amide bonds. The van der Waals surface area contributed by atoms with Crippen molar-refractivity contribution in [1.82, 2.24) is 4.31 Å². The van der Waals surface area contributed by atoms with Crippen LogP contribution in [-0.2, 0) is 21.4 Å². The molecule has 2 aromatic carbocycles. The number of rotatable bonds is 13. The zero-order valence-electron chi connectivity index (χ0n) is 20.8. The fraction of sp³-hybridized carbons (Fsp3) is 0.500. The molecule has 0 radical (unpaired) electrons. The van der Waals surface area contributed by atoms with E-state index in [-0.39, 0.29) is 11.5 Å². The molecule has 1 atom stereocenters. The Morgan fingerprint density at radius 3 is 2.29 bits per heavy atom. The average molecular weight is 505 g/mol. The van der Waals surface area contributed by atoms with E-state index >= 15 is 0 Å². The van der Waals surface area contributed by atoms with Crippen LogP contribution in [0.25, 0.3) is 0 Å². The Labute approximate surface area is 208 Å². The van der Waals surface area contributed by atoms with Crippen LogP contribution in [0.2, 0.25) is 0 Å². The lowest BCUT2D eigenvalue weighted by atomic mass is 9.97. The molecule has 1 aliphatic heterocycles. The zero-order chi connectivity index (χ0) is 25.3. The van der Waals surface area contributed by atoms with Crippen LogP contribution in [0, 0.1) is 0 Å². The van der Waals surface area contributed by atoms with E-state index in [2.05, 4.69) is 16.9 Å². The molecular weight excluding hydrogens is 468 g/mol. The number of piperidine rings is 1. The van der Waals surface area contributed by atoms with E-state index < -0.39 is 16.3 Å². The Morgan fingerprint density at radius 1 is 0.971 bits per heavy atom. The van der Waals surface area contributed by atoms with Crippen molar-refractivity contribution in [3.63, 3.8) is 0 Å². The Hall–Kier alpha value is -2.78. The number of carbonyl (C=O) groups is 1. The molecule has 8 nitrogen and oxygen atoms in total. The number of aryl methyl sites for hydroxylation is 1. The van der Waals surface area contributed by atoms with Gasteiger partial charge in [0.25, 0.3) is 0 Å². The van der Waals surface area contributed by atoms with E-state index in [1.807, 2.05) is 18.2 Å². The maximum absolute atomic E-state index is 13.3. The number of Topliss-reactive ketones (excluding diaryl/α,β-unsaturated/α-hetero) is 1. The molecule has 2 aromatic rings. The molecule has 3 rings (SSSR count). The summed E-state index contributed by atoms with van der Waals surface area (Å²) in [5.74, 6) is 1.04. The van der Waals surface area contributed by atoms with Crippen molar-refractivity contribution in [2.75, 3.05) is 32.6 Å². The summed E-state index contributed by atoms with van der Waals surface area (Å²) >= 11 is 0. The van der Waals surface area contributed by atoms with Gasteiger partial charge in [-0.25, -0.2) is 0 Å². The number of methoxy groups -OCH3 is 3. The lowest BCUT2D eigenvalue weighted by Gasteiger charge is -2.33. The number of carbonyl (C=O) groups excluding carboxylic acids is 1. The molecule has 0 aromatic heterocycles. The standard InChI is InChI=1S/C26H36N2O6S/c1-32-24-18-21(19-25(33-2)26(24)34-3)27-35(30,31)28-17-11-10-15-22(28)23(29)16-9-5-8-14-20-12-6-4-7-13-20/h4,6-7,12-13,18-19,22,27H,5,8-11,14-17H2,1-3H3. The van der Waals surface area contributed by atoms with Crippen molar-refractivity contribution in [3.05, 3.63) is 48.0 Å². The highest BCUT2D eigenvalue weighted by Crippen LogP contribution is 2.40. The quantitative estimate of drug-likeness (QED) is 0.401. The minimum Gasteiger partial charge on any atom is -0.493 e. The molecule has 0 saturated carbocycles. The first-order chi connectivity index (χ1) is 16.9. The number of ether oxygens (including phenoxy) is 3. The van der Waals surface area contributed by atoms with E-state index in [4.69, 9.17) is 14.2 Å². The second-order valence-corrected chi connectivity index (χ2v) is 10.3. The summed E-state index contributed by atoms with van der Waals surface area (Å²) < 4.78 is 46.5. The van der Waals surface area contributed by atoms with E-state index in [0.717, 1.165) is 38.5 Å². The molecule has 1 heterocycles. The monoisotopic (exact) mass is 504 g/mol. The molecule has 35 heavy (non-hydrogen) atoms. The Bertz CT molecular complexity index is 1050. The fourth-order valence-corrected chi connectivity index (χ4v) is 5.94. The smallest absolute Gasteiger partial charge is 0.302 e. The van der Waals surface area contributed by atoms with Gasteiger partial charge >= 0.3 is 10.2 Å². The SMILES string of the molecule is COc1cc(NS(=O)(=O)N2CCCCC2C(=O)CCCCCc2ccccc2)cc(OC)c1OC. The Morgan fingerprint density at radius 2 is 1.66 bits per heavy atom. The van der Waals surface area contributed by atoms with E-state index in [1.54, 1.807) is 0 Å². The summed E-state index contributed by atoms with van der Waals surface area (Å²) in [4.78, 5) is 13.0. The Kier molecular flexibility index (Phi) is 9.80. The van der Waals surface area contributed by atoms with Crippen LogP contribution >= 0.6 is 0 Å². The van der Waals surface area contributed by atoms with E-state index in [1.165, 1.54) is 43.3 Å². The number of nitrogens with zero attached hydrogens (tertiary/aromatic N) is 1. The summed E-state index contributed by atoms with van der Waals surface area (Å²) in [7, 11) is 0.455. The van der Waals surface area contributed by atoms with Gasteiger partial charge in [0.2, 0.25) is 5.75 Å². The normalized spacial score (nSPS) is 16.5. The predicted octanol–water partition coefficient (Wildman–Crippen LogP) is 4.60. The van der Waals surface area contributed by atoms with Gasteiger partial charge < -0.3 is 14.2 Å². The minimum atomic E-state index is -3.96. The van der Waals surface area contributed by atoms with Gasteiger partial charge in [-0.3, -0.25) is 9.52 Å². The fourth-order valence-electron chi connectivity index (χ4n) is 4.48. The zero-order valence-corrected chi connectivity index (χ0v) is 21.6. The first kappa shape index (κ1) is 26.8. The van der Waals surface area contributed by atoms with Crippen molar-refractivity contribution in [3.8, 4) is 17.2 Å². The van der Waals surface area contributed by atoms with E-state index in [9.17, 15) is 13.2 Å². The third-order valence-corrected chi connectivity index (χ3v) is 7.83. The van der Waals surface area contributed by atoms with Crippen LogP contribution in [0.15, 0.2) is 42.5 Å². The van der Waals surface area contributed by atoms with Gasteiger partial charge in [0, 0.05) is 25.1 Å². The van der Waals surface area contributed by atoms with Crippen LogP contribution in [0.1, 0.15) is 50.5 Å². The number of hydrogen-bond donors (Lipinski definition) is 1. The maximum Gasteiger partial charge on any atom is 0.302 e. The van der Waals surface area contributed by atoms with Crippen LogP contribution in [0.4, 0.5) is 5.69 Å². The lowest BCUT2D eigenvalue weighted by Crippen LogP contribution is -2.50. The molecule has 1 fully saturated rings. The van der Waals surface area contributed by atoms with Gasteiger partial charge in [-0.05, 0) is 37.7 Å². The molecule has 1 N–H and O–H groups in total. The lowest BCUT2D eigenvalue weighted by molar-refractivity contribution is -0.123. The number of benzene rings is 2. The molecule has 1 saturated heterocycles. The Balaban J connectivity index is 1.62. The molecule has 9 heteroatoms. The molecule has 1 unspecified atom stereocenters. The number of nitrogens with one attached hydrogen (secondary N) is 1. The van der Waals surface area contributed by atoms with Gasteiger partial charge in [0.1, 0.15) is 0 Å². The summed E-state index contributed by atoms with van der Waals surface area (Å²) in [6.07, 6.45) is 6.16. The molecular formula is C26H36N2O6S. The van der Waals surface area contributed by atoms with Gasteiger partial charge in [0.15, 0.2) is 17.3 Å². The number of ketones is 1. The molecule has 0 bridgehead atoms. The first-order valence-corrected chi connectivity index (χ1v) is 13.5. The largest absolute Gasteiger partial charge is 0.493 e. The van der Waals surface area contributed by atoms with Crippen molar-refractivity contribution < 1.29 is 27.4 Å². The molecule has 0 aliphatic carbocycles. The second kappa shape index (κ2) is 12.8. The van der Waals surface area contributed by atoms with Crippen molar-refractivity contribution in [2.45, 2.75) is 57.4 Å². The van der Waals surface area contributed by atoms with Crippen LogP contribution in [0.3, 0.4) is 0 Å². The highest BCUT2D eigenvalue weighted by Gasteiger charge is 2.36. The summed E-state index contributed by atoms with van der Waals surface area (Å²) in [5, 5.41) is 0. The summed E-state index contributed by atoms with van der Waals surface area (Å²) in [6, 6.07) is 12.7. The first-order valence-electron chi connectivity index (χ1n) is 12.1. The summed E-state index contributed by atoms with van der Waals surface area (Å²) in [6.45, 7) is 0.310. The number of unbranched alkanes of at least 4 members (excludes halogenated alkanes) is 2. The molecule has 192 valence electrons. The maximum atomic E-state index is 13.3. The minimum absolute atomic E-state index is 0.0142. The average Bonchev–Trinajstić information content (AvgIpc) is 2.88. The van der Waals surface area contributed by atoms with Crippen LogP contribution in [0.5, 0.6) is 17.2 Å². The van der Waals surface area contributed by atoms with E-state index in [0.29, 0.717) is 36.6 Å². The highest BCUT2D eigenvalue weighted by molar-refractivity contribution is 7.90. The van der Waals surface area contributed by atoms with Gasteiger partial charge in [-0.1, -0.05) is 43.2 Å². The molecule has 0 spiro atoms. The van der Waals surface area contributed by atoms with Crippen molar-refractivity contribution >= 4 is 21.7 Å².